The van der Waals surface area contributed by atoms with Crippen LogP contribution in [0, 0.1) is 0 Å². The van der Waals surface area contributed by atoms with Gasteiger partial charge in [0.2, 0.25) is 5.95 Å². The molecule has 0 amide bonds. The SMILES string of the molecule is CNc1nc2cc(-c3cc4[nH]ccc4cn3)c(OC)cc2n1C. The van der Waals surface area contributed by atoms with Crippen LogP contribution in [0.5, 0.6) is 5.75 Å². The lowest BCUT2D eigenvalue weighted by Crippen LogP contribution is -1.97. The van der Waals surface area contributed by atoms with Crippen LogP contribution in [0.1, 0.15) is 0 Å². The first-order valence-electron chi connectivity index (χ1n) is 7.37. The Morgan fingerprint density at radius 3 is 2.91 bits per heavy atom. The van der Waals surface area contributed by atoms with Crippen molar-refractivity contribution in [1.29, 1.82) is 0 Å². The topological polar surface area (TPSA) is 67.8 Å². The van der Waals surface area contributed by atoms with Crippen LogP contribution >= 0.6 is 0 Å². The van der Waals surface area contributed by atoms with Crippen molar-refractivity contribution in [2.24, 2.45) is 7.05 Å². The number of hydrogen-bond acceptors (Lipinski definition) is 4. The number of benzene rings is 1. The van der Waals surface area contributed by atoms with Crippen LogP contribution < -0.4 is 10.1 Å². The quantitative estimate of drug-likeness (QED) is 0.610. The van der Waals surface area contributed by atoms with Gasteiger partial charge in [0, 0.05) is 49.0 Å². The average molecular weight is 307 g/mol. The molecule has 0 atom stereocenters. The summed E-state index contributed by atoms with van der Waals surface area (Å²) < 4.78 is 7.59. The smallest absolute Gasteiger partial charge is 0.203 e. The summed E-state index contributed by atoms with van der Waals surface area (Å²) in [4.78, 5) is 12.4. The summed E-state index contributed by atoms with van der Waals surface area (Å²) >= 11 is 0. The molecule has 0 radical (unpaired) electrons. The zero-order chi connectivity index (χ0) is 16.0. The van der Waals surface area contributed by atoms with Crippen molar-refractivity contribution in [3.63, 3.8) is 0 Å². The van der Waals surface area contributed by atoms with Crippen molar-refractivity contribution in [3.05, 3.63) is 36.7 Å². The number of aryl methyl sites for hydroxylation is 1. The van der Waals surface area contributed by atoms with E-state index in [1.165, 1.54) is 0 Å². The van der Waals surface area contributed by atoms with Crippen LogP contribution in [0.2, 0.25) is 0 Å². The van der Waals surface area contributed by atoms with E-state index in [1.807, 2.05) is 55.3 Å². The van der Waals surface area contributed by atoms with E-state index in [2.05, 4.69) is 20.3 Å². The number of fused-ring (bicyclic) bond motifs is 2. The van der Waals surface area contributed by atoms with Gasteiger partial charge in [-0.05, 0) is 18.2 Å². The number of ether oxygens (including phenoxy) is 1. The highest BCUT2D eigenvalue weighted by Gasteiger charge is 2.14. The first-order chi connectivity index (χ1) is 11.2. The van der Waals surface area contributed by atoms with Gasteiger partial charge in [-0.2, -0.15) is 0 Å². The van der Waals surface area contributed by atoms with Crippen molar-refractivity contribution in [2.75, 3.05) is 19.5 Å². The fraction of sp³-hybridized carbons (Fsp3) is 0.176. The largest absolute Gasteiger partial charge is 0.496 e. The number of nitrogens with one attached hydrogen (secondary N) is 2. The maximum atomic E-state index is 5.59. The second-order valence-corrected chi connectivity index (χ2v) is 5.42. The predicted molar refractivity (Wildman–Crippen MR) is 91.9 cm³/mol. The van der Waals surface area contributed by atoms with Crippen LogP contribution in [-0.4, -0.2) is 33.7 Å². The number of aromatic amines is 1. The average Bonchev–Trinajstić information content (AvgIpc) is 3.17. The summed E-state index contributed by atoms with van der Waals surface area (Å²) in [5, 5.41) is 4.18. The molecular formula is C17H17N5O. The molecule has 6 nitrogen and oxygen atoms in total. The van der Waals surface area contributed by atoms with E-state index in [0.717, 1.165) is 44.9 Å². The minimum Gasteiger partial charge on any atom is -0.496 e. The van der Waals surface area contributed by atoms with Gasteiger partial charge in [0.15, 0.2) is 0 Å². The Morgan fingerprint density at radius 2 is 2.13 bits per heavy atom. The van der Waals surface area contributed by atoms with Crippen LogP contribution in [0.25, 0.3) is 33.2 Å². The van der Waals surface area contributed by atoms with Gasteiger partial charge in [-0.25, -0.2) is 4.98 Å². The lowest BCUT2D eigenvalue weighted by atomic mass is 10.1. The molecule has 0 unspecified atom stereocenters. The zero-order valence-corrected chi connectivity index (χ0v) is 13.2. The molecule has 23 heavy (non-hydrogen) atoms. The van der Waals surface area contributed by atoms with Gasteiger partial charge in [-0.15, -0.1) is 0 Å². The fourth-order valence-corrected chi connectivity index (χ4v) is 2.90. The van der Waals surface area contributed by atoms with Crippen molar-refractivity contribution >= 4 is 27.9 Å². The monoisotopic (exact) mass is 307 g/mol. The van der Waals surface area contributed by atoms with Gasteiger partial charge >= 0.3 is 0 Å². The maximum absolute atomic E-state index is 5.59. The van der Waals surface area contributed by atoms with Crippen molar-refractivity contribution < 1.29 is 4.74 Å². The van der Waals surface area contributed by atoms with E-state index < -0.39 is 0 Å². The highest BCUT2D eigenvalue weighted by molar-refractivity contribution is 5.89. The minimum atomic E-state index is 0.779. The number of anilines is 1. The third-order valence-corrected chi connectivity index (χ3v) is 4.14. The molecule has 0 spiro atoms. The summed E-state index contributed by atoms with van der Waals surface area (Å²) in [7, 11) is 5.51. The van der Waals surface area contributed by atoms with Gasteiger partial charge in [0.1, 0.15) is 5.75 Å². The summed E-state index contributed by atoms with van der Waals surface area (Å²) in [5.41, 5.74) is 4.75. The molecule has 0 aliphatic carbocycles. The number of imidazole rings is 1. The Balaban J connectivity index is 1.97. The van der Waals surface area contributed by atoms with E-state index in [0.29, 0.717) is 0 Å². The summed E-state index contributed by atoms with van der Waals surface area (Å²) in [5.74, 6) is 1.59. The van der Waals surface area contributed by atoms with Gasteiger partial charge in [0.05, 0.1) is 23.8 Å². The van der Waals surface area contributed by atoms with Gasteiger partial charge in [-0.3, -0.25) is 4.98 Å². The third kappa shape index (κ3) is 2.03. The number of rotatable bonds is 3. The Bertz CT molecular complexity index is 1010. The molecule has 3 aromatic heterocycles. The molecule has 1 aromatic carbocycles. The second kappa shape index (κ2) is 5.01. The first-order valence-corrected chi connectivity index (χ1v) is 7.37. The molecule has 6 heteroatoms. The molecule has 4 aromatic rings. The van der Waals surface area contributed by atoms with Crippen LogP contribution in [0.4, 0.5) is 5.95 Å². The van der Waals surface area contributed by atoms with E-state index in [9.17, 15) is 0 Å². The summed E-state index contributed by atoms with van der Waals surface area (Å²) in [6.07, 6.45) is 3.77. The van der Waals surface area contributed by atoms with Crippen molar-refractivity contribution in [2.45, 2.75) is 0 Å². The highest BCUT2D eigenvalue weighted by atomic mass is 16.5. The molecule has 0 saturated heterocycles. The Labute approximate surface area is 133 Å². The number of H-pyrrole nitrogens is 1. The van der Waals surface area contributed by atoms with E-state index in [4.69, 9.17) is 4.74 Å². The molecule has 0 aliphatic rings. The number of aromatic nitrogens is 4. The Morgan fingerprint density at radius 1 is 1.26 bits per heavy atom. The minimum absolute atomic E-state index is 0.779. The molecular weight excluding hydrogens is 290 g/mol. The molecule has 0 bridgehead atoms. The van der Waals surface area contributed by atoms with E-state index >= 15 is 0 Å². The lowest BCUT2D eigenvalue weighted by Gasteiger charge is -2.09. The molecule has 3 heterocycles. The normalized spacial score (nSPS) is 11.3. The van der Waals surface area contributed by atoms with Crippen LogP contribution in [-0.2, 0) is 7.05 Å². The summed E-state index contributed by atoms with van der Waals surface area (Å²) in [6.45, 7) is 0. The Hall–Kier alpha value is -3.02. The van der Waals surface area contributed by atoms with Crippen molar-refractivity contribution in [1.82, 2.24) is 19.5 Å². The highest BCUT2D eigenvalue weighted by Crippen LogP contribution is 2.34. The maximum Gasteiger partial charge on any atom is 0.203 e. The number of pyridine rings is 1. The zero-order valence-electron chi connectivity index (χ0n) is 13.2. The van der Waals surface area contributed by atoms with Gasteiger partial charge in [0.25, 0.3) is 0 Å². The standard InChI is InChI=1S/C17H17N5O/c1-18-17-21-14-6-11(16(23-3)8-15(14)22(17)2)13-7-12-10(9-20-13)4-5-19-12/h4-9,19H,1-3H3,(H,18,21). The van der Waals surface area contributed by atoms with Crippen LogP contribution in [0.15, 0.2) is 36.7 Å². The Kier molecular flexibility index (Phi) is 2.97. The fourth-order valence-electron chi connectivity index (χ4n) is 2.90. The van der Waals surface area contributed by atoms with E-state index in [1.54, 1.807) is 7.11 Å². The first kappa shape index (κ1) is 13.6. The second-order valence-electron chi connectivity index (χ2n) is 5.42. The van der Waals surface area contributed by atoms with Crippen molar-refractivity contribution in [3.8, 4) is 17.0 Å². The van der Waals surface area contributed by atoms with E-state index in [-0.39, 0.29) is 0 Å². The number of hydrogen-bond donors (Lipinski definition) is 2. The molecule has 0 fully saturated rings. The van der Waals surface area contributed by atoms with Gasteiger partial charge in [-0.1, -0.05) is 0 Å². The van der Waals surface area contributed by atoms with Crippen LogP contribution in [0.3, 0.4) is 0 Å². The predicted octanol–water partition coefficient (Wildman–Crippen LogP) is 3.17. The molecule has 0 saturated carbocycles. The van der Waals surface area contributed by atoms with Gasteiger partial charge < -0.3 is 19.6 Å². The molecule has 2 N–H and O–H groups in total. The number of methoxy groups -OCH3 is 1. The molecule has 116 valence electrons. The molecule has 4 rings (SSSR count). The number of nitrogens with zero attached hydrogens (tertiary/aromatic N) is 3. The summed E-state index contributed by atoms with van der Waals surface area (Å²) in [6, 6.07) is 8.05. The third-order valence-electron chi connectivity index (χ3n) is 4.14. The molecule has 0 aliphatic heterocycles. The lowest BCUT2D eigenvalue weighted by molar-refractivity contribution is 0.416.